The zero-order valence-electron chi connectivity index (χ0n) is 33.3. The highest BCUT2D eigenvalue weighted by Crippen LogP contribution is 2.26. The number of carbonyl (C=O) groups excluding carboxylic acids is 1. The van der Waals surface area contributed by atoms with Gasteiger partial charge in [-0.3, -0.25) is 9.35 Å². The van der Waals surface area contributed by atoms with Gasteiger partial charge in [-0.05, 0) is 57.8 Å². The van der Waals surface area contributed by atoms with Gasteiger partial charge in [0.05, 0.1) is 25.4 Å². The van der Waals surface area contributed by atoms with Crippen LogP contribution in [0.2, 0.25) is 0 Å². The summed E-state index contributed by atoms with van der Waals surface area (Å²) < 4.78 is 47.3. The molecule has 0 spiro atoms. The Kier molecular flexibility index (Phi) is 29.7. The first kappa shape index (κ1) is 51.0. The van der Waals surface area contributed by atoms with Crippen molar-refractivity contribution in [3.63, 3.8) is 0 Å². The van der Waals surface area contributed by atoms with Gasteiger partial charge in [-0.25, -0.2) is 4.18 Å². The Morgan fingerprint density at radius 3 is 1.89 bits per heavy atom. The third kappa shape index (κ3) is 25.1. The molecule has 0 aromatic rings. The van der Waals surface area contributed by atoms with E-state index in [0.717, 1.165) is 57.8 Å². The van der Waals surface area contributed by atoms with Gasteiger partial charge < -0.3 is 40.3 Å². The average molecular weight is 804 g/mol. The fraction of sp³-hybridized carbons (Fsp3) is 0.780. The van der Waals surface area contributed by atoms with Crippen molar-refractivity contribution in [1.82, 2.24) is 5.32 Å². The van der Waals surface area contributed by atoms with E-state index in [0.29, 0.717) is 12.8 Å². The van der Waals surface area contributed by atoms with Gasteiger partial charge in [-0.2, -0.15) is 8.42 Å². The Labute approximate surface area is 330 Å². The summed E-state index contributed by atoms with van der Waals surface area (Å²) in [5, 5.41) is 54.9. The van der Waals surface area contributed by atoms with E-state index in [9.17, 15) is 38.7 Å². The van der Waals surface area contributed by atoms with E-state index in [-0.39, 0.29) is 6.42 Å². The van der Waals surface area contributed by atoms with Crippen molar-refractivity contribution < 1.29 is 57.0 Å². The van der Waals surface area contributed by atoms with Gasteiger partial charge >= 0.3 is 10.4 Å². The van der Waals surface area contributed by atoms with Gasteiger partial charge in [0.1, 0.15) is 30.5 Å². The number of hydrogen-bond acceptors (Lipinski definition) is 11. The summed E-state index contributed by atoms with van der Waals surface area (Å²) in [5.74, 6) is -0.729. The fourth-order valence-corrected chi connectivity index (χ4v) is 6.62. The van der Waals surface area contributed by atoms with Crippen molar-refractivity contribution in [3.05, 3.63) is 48.6 Å². The Morgan fingerprint density at radius 1 is 0.745 bits per heavy atom. The standard InChI is InChI=1S/C41H73NO12S/c1-3-5-7-9-11-13-15-17-18-20-22-24-26-28-30-35(45)40(48)42-33(34(44)29-27-25-23-21-19-16-14-12-10-8-6-4-2)32-52-41-38(47)39(54-55(49,50)51)37(46)36(31-43)53-41/h11,13,15,17,19,21,27,29,33-39,41,43-47H,3-10,12,14,16,18,20,22-26,28,30-32H2,1-2H3,(H,42,48)(H,49,50,51)/b13-11-,17-15-,21-19+,29-27+. The van der Waals surface area contributed by atoms with Crippen LogP contribution in [0, 0.1) is 0 Å². The van der Waals surface area contributed by atoms with Crippen LogP contribution in [0.15, 0.2) is 48.6 Å². The maximum absolute atomic E-state index is 13.0. The molecule has 0 aromatic heterocycles. The van der Waals surface area contributed by atoms with Crippen LogP contribution in [0.25, 0.3) is 0 Å². The second-order valence-corrected chi connectivity index (χ2v) is 15.4. The maximum atomic E-state index is 13.0. The third-order valence-corrected chi connectivity index (χ3v) is 9.93. The summed E-state index contributed by atoms with van der Waals surface area (Å²) in [4.78, 5) is 13.0. The Bertz CT molecular complexity index is 1190. The molecule has 0 aromatic carbocycles. The molecule has 7 N–H and O–H groups in total. The molecule has 1 fully saturated rings. The molecule has 1 heterocycles. The molecule has 8 unspecified atom stereocenters. The summed E-state index contributed by atoms with van der Waals surface area (Å²) in [7, 11) is -5.12. The maximum Gasteiger partial charge on any atom is 0.397 e. The topological polar surface area (TPSA) is 212 Å². The van der Waals surface area contributed by atoms with E-state index in [4.69, 9.17) is 14.0 Å². The number of nitrogens with one attached hydrogen (secondary N) is 1. The number of aliphatic hydroxyl groups excluding tert-OH is 5. The molecule has 8 atom stereocenters. The van der Waals surface area contributed by atoms with Gasteiger partial charge in [0.2, 0.25) is 5.91 Å². The number of allylic oxidation sites excluding steroid dienone is 7. The van der Waals surface area contributed by atoms with Gasteiger partial charge in [0.25, 0.3) is 0 Å². The molecular weight excluding hydrogens is 731 g/mol. The highest BCUT2D eigenvalue weighted by atomic mass is 32.3. The number of rotatable bonds is 33. The molecule has 55 heavy (non-hydrogen) atoms. The van der Waals surface area contributed by atoms with Crippen molar-refractivity contribution in [1.29, 1.82) is 0 Å². The van der Waals surface area contributed by atoms with Crippen LogP contribution in [0.4, 0.5) is 0 Å². The van der Waals surface area contributed by atoms with Crippen molar-refractivity contribution in [2.45, 2.75) is 191 Å². The van der Waals surface area contributed by atoms with Crippen LogP contribution in [0.1, 0.15) is 142 Å². The Morgan fingerprint density at radius 2 is 1.27 bits per heavy atom. The van der Waals surface area contributed by atoms with Gasteiger partial charge in [-0.1, -0.05) is 133 Å². The number of hydrogen-bond donors (Lipinski definition) is 7. The Hall–Kier alpha value is -1.98. The van der Waals surface area contributed by atoms with Crippen LogP contribution >= 0.6 is 0 Å². The smallest absolute Gasteiger partial charge is 0.394 e. The monoisotopic (exact) mass is 803 g/mol. The molecule has 0 saturated carbocycles. The molecule has 13 nitrogen and oxygen atoms in total. The molecule has 1 aliphatic rings. The first-order chi connectivity index (χ1) is 26.4. The van der Waals surface area contributed by atoms with Gasteiger partial charge in [0, 0.05) is 0 Å². The normalized spacial score (nSPS) is 22.7. The average Bonchev–Trinajstić information content (AvgIpc) is 3.15. The molecule has 320 valence electrons. The predicted molar refractivity (Wildman–Crippen MR) is 214 cm³/mol. The minimum absolute atomic E-state index is 0.217. The highest BCUT2D eigenvalue weighted by molar-refractivity contribution is 7.80. The zero-order chi connectivity index (χ0) is 40.7. The Balaban J connectivity index is 2.71. The SMILES string of the molecule is CCCCC/C=C\C=C/CCCCCCCC(O)C(=O)NC(COC1OC(CO)C(O)C(OS(=O)(=O)O)C1O)C(O)/C=C/CC/C=C/CCCCCCCC. The minimum atomic E-state index is -5.12. The summed E-state index contributed by atoms with van der Waals surface area (Å²) in [6.07, 6.45) is 24.9. The molecule has 1 aliphatic heterocycles. The predicted octanol–water partition coefficient (Wildman–Crippen LogP) is 5.90. The number of unbranched alkanes of at least 4 members (excludes halogenated alkanes) is 15. The molecule has 0 radical (unpaired) electrons. The molecule has 0 bridgehead atoms. The molecular formula is C41H73NO12S. The quantitative estimate of drug-likeness (QED) is 0.0179. The summed E-state index contributed by atoms with van der Waals surface area (Å²) in [5.41, 5.74) is 0. The van der Waals surface area contributed by atoms with Crippen LogP contribution in [-0.4, -0.2) is 107 Å². The lowest BCUT2D eigenvalue weighted by Gasteiger charge is -2.41. The number of amides is 1. The van der Waals surface area contributed by atoms with E-state index in [1.165, 1.54) is 57.4 Å². The second kappa shape index (κ2) is 32.0. The van der Waals surface area contributed by atoms with Crippen molar-refractivity contribution in [2.24, 2.45) is 0 Å². The lowest BCUT2D eigenvalue weighted by Crippen LogP contribution is -2.61. The van der Waals surface area contributed by atoms with Crippen molar-refractivity contribution >= 4 is 16.3 Å². The van der Waals surface area contributed by atoms with Crippen LogP contribution in [0.3, 0.4) is 0 Å². The number of carbonyl (C=O) groups is 1. The molecule has 1 saturated heterocycles. The van der Waals surface area contributed by atoms with E-state index in [1.54, 1.807) is 6.08 Å². The lowest BCUT2D eigenvalue weighted by atomic mass is 9.99. The summed E-state index contributed by atoms with van der Waals surface area (Å²) in [6, 6.07) is -1.14. The number of ether oxygens (including phenoxy) is 2. The van der Waals surface area contributed by atoms with Crippen LogP contribution in [-0.2, 0) is 28.9 Å². The van der Waals surface area contributed by atoms with Crippen LogP contribution < -0.4 is 5.32 Å². The second-order valence-electron chi connectivity index (χ2n) is 14.4. The van der Waals surface area contributed by atoms with Crippen molar-refractivity contribution in [2.75, 3.05) is 13.2 Å². The van der Waals surface area contributed by atoms with Crippen molar-refractivity contribution in [3.8, 4) is 0 Å². The van der Waals surface area contributed by atoms with E-state index >= 15 is 0 Å². The van der Waals surface area contributed by atoms with E-state index in [2.05, 4.69) is 59.8 Å². The lowest BCUT2D eigenvalue weighted by molar-refractivity contribution is -0.298. The minimum Gasteiger partial charge on any atom is -0.394 e. The van der Waals surface area contributed by atoms with E-state index in [1.807, 2.05) is 0 Å². The molecule has 1 rings (SSSR count). The highest BCUT2D eigenvalue weighted by Gasteiger charge is 2.48. The molecule has 0 aliphatic carbocycles. The first-order valence-electron chi connectivity index (χ1n) is 20.6. The van der Waals surface area contributed by atoms with Gasteiger partial charge in [-0.15, -0.1) is 0 Å². The number of aliphatic hydroxyl groups is 5. The summed E-state index contributed by atoms with van der Waals surface area (Å²) >= 11 is 0. The molecule has 1 amide bonds. The fourth-order valence-electron chi connectivity index (χ4n) is 6.11. The largest absolute Gasteiger partial charge is 0.397 e. The van der Waals surface area contributed by atoms with Crippen LogP contribution in [0.5, 0.6) is 0 Å². The molecule has 14 heteroatoms. The van der Waals surface area contributed by atoms with Gasteiger partial charge in [0.15, 0.2) is 6.29 Å². The summed E-state index contributed by atoms with van der Waals surface area (Å²) in [6.45, 7) is 3.10. The van der Waals surface area contributed by atoms with E-state index < -0.39 is 78.5 Å². The first-order valence-corrected chi connectivity index (χ1v) is 22.0. The zero-order valence-corrected chi connectivity index (χ0v) is 34.2. The third-order valence-electron chi connectivity index (χ3n) is 9.47.